The summed E-state index contributed by atoms with van der Waals surface area (Å²) in [6, 6.07) is 9.86. The van der Waals surface area contributed by atoms with Gasteiger partial charge in [0.05, 0.1) is 0 Å². The average Bonchev–Trinajstić information content (AvgIpc) is 2.39. The fourth-order valence-electron chi connectivity index (χ4n) is 2.96. The maximum absolute atomic E-state index is 3.68. The highest BCUT2D eigenvalue weighted by molar-refractivity contribution is 5.26. The van der Waals surface area contributed by atoms with E-state index >= 15 is 0 Å². The summed E-state index contributed by atoms with van der Waals surface area (Å²) in [5.41, 5.74) is 2.75. The van der Waals surface area contributed by atoms with Gasteiger partial charge in [-0.05, 0) is 33.1 Å². The summed E-state index contributed by atoms with van der Waals surface area (Å²) in [6.45, 7) is 8.81. The summed E-state index contributed by atoms with van der Waals surface area (Å²) in [7, 11) is 4.47. The molecule has 1 N–H and O–H groups in total. The first kappa shape index (κ1) is 14.5. The summed E-state index contributed by atoms with van der Waals surface area (Å²) < 4.78 is 0. The van der Waals surface area contributed by atoms with E-state index < -0.39 is 0 Å². The Kier molecular flexibility index (Phi) is 4.97. The minimum Gasteiger partial charge on any atom is -0.309 e. The van der Waals surface area contributed by atoms with E-state index in [0.717, 1.165) is 19.6 Å². The van der Waals surface area contributed by atoms with Crippen molar-refractivity contribution in [3.8, 4) is 0 Å². The molecule has 19 heavy (non-hydrogen) atoms. The molecule has 0 spiro atoms. The molecular weight excluding hydrogens is 234 g/mol. The summed E-state index contributed by atoms with van der Waals surface area (Å²) in [5.74, 6) is 0. The van der Waals surface area contributed by atoms with E-state index in [1.807, 2.05) is 0 Å². The average molecular weight is 261 g/mol. The number of likely N-dealkylation sites (N-methyl/N-ethyl adjacent to an activating group) is 3. The minimum absolute atomic E-state index is 0.414. The van der Waals surface area contributed by atoms with Crippen molar-refractivity contribution < 1.29 is 0 Å². The number of hydrogen-bond acceptors (Lipinski definition) is 3. The van der Waals surface area contributed by atoms with Crippen LogP contribution in [0.1, 0.15) is 24.1 Å². The van der Waals surface area contributed by atoms with Gasteiger partial charge in [0, 0.05) is 31.7 Å². The van der Waals surface area contributed by atoms with E-state index in [9.17, 15) is 0 Å². The Bertz CT molecular complexity index is 405. The summed E-state index contributed by atoms with van der Waals surface area (Å²) in [5, 5.41) is 3.68. The largest absolute Gasteiger partial charge is 0.309 e. The third kappa shape index (κ3) is 3.56. The highest BCUT2D eigenvalue weighted by Crippen LogP contribution is 2.24. The van der Waals surface area contributed by atoms with Gasteiger partial charge in [0.1, 0.15) is 0 Å². The maximum Gasteiger partial charge on any atom is 0.0490 e. The highest BCUT2D eigenvalue weighted by Gasteiger charge is 2.30. The first-order valence-corrected chi connectivity index (χ1v) is 7.30. The van der Waals surface area contributed by atoms with Crippen molar-refractivity contribution in [3.05, 3.63) is 35.4 Å². The third-order valence-electron chi connectivity index (χ3n) is 4.11. The van der Waals surface area contributed by atoms with Gasteiger partial charge >= 0.3 is 0 Å². The Labute approximate surface area is 117 Å². The van der Waals surface area contributed by atoms with Crippen LogP contribution in [0.4, 0.5) is 0 Å². The fraction of sp³-hybridized carbons (Fsp3) is 0.625. The van der Waals surface area contributed by atoms with Crippen molar-refractivity contribution in [1.82, 2.24) is 15.1 Å². The fourth-order valence-corrected chi connectivity index (χ4v) is 2.96. The number of piperazine rings is 1. The van der Waals surface area contributed by atoms with E-state index in [0.29, 0.717) is 12.1 Å². The zero-order valence-electron chi connectivity index (χ0n) is 12.7. The van der Waals surface area contributed by atoms with Crippen molar-refractivity contribution in [1.29, 1.82) is 0 Å². The van der Waals surface area contributed by atoms with Crippen LogP contribution in [-0.2, 0) is 0 Å². The van der Waals surface area contributed by atoms with Gasteiger partial charge in [-0.2, -0.15) is 0 Å². The first-order valence-electron chi connectivity index (χ1n) is 7.30. The number of rotatable bonds is 4. The van der Waals surface area contributed by atoms with Crippen LogP contribution >= 0.6 is 0 Å². The van der Waals surface area contributed by atoms with Crippen molar-refractivity contribution in [2.45, 2.75) is 25.9 Å². The van der Waals surface area contributed by atoms with Crippen LogP contribution in [0, 0.1) is 6.92 Å². The van der Waals surface area contributed by atoms with Gasteiger partial charge in [-0.1, -0.05) is 36.8 Å². The molecule has 0 amide bonds. The SMILES string of the molecule is CCNC(c1cccc(C)c1)C1CN(C)CCN1C. The summed E-state index contributed by atoms with van der Waals surface area (Å²) in [4.78, 5) is 4.93. The first-order chi connectivity index (χ1) is 9.11. The molecular formula is C16H27N3. The Balaban J connectivity index is 2.23. The van der Waals surface area contributed by atoms with Gasteiger partial charge in [0.2, 0.25) is 0 Å². The summed E-state index contributed by atoms with van der Waals surface area (Å²) >= 11 is 0. The quantitative estimate of drug-likeness (QED) is 0.893. The van der Waals surface area contributed by atoms with E-state index in [-0.39, 0.29) is 0 Å². The van der Waals surface area contributed by atoms with Gasteiger partial charge in [-0.15, -0.1) is 0 Å². The van der Waals surface area contributed by atoms with Crippen LogP contribution in [0.25, 0.3) is 0 Å². The third-order valence-corrected chi connectivity index (χ3v) is 4.11. The molecule has 1 aromatic rings. The van der Waals surface area contributed by atoms with E-state index in [4.69, 9.17) is 0 Å². The molecule has 1 fully saturated rings. The number of benzene rings is 1. The molecule has 0 saturated carbocycles. The highest BCUT2D eigenvalue weighted by atomic mass is 15.3. The lowest BCUT2D eigenvalue weighted by molar-refractivity contribution is 0.0880. The van der Waals surface area contributed by atoms with Crippen LogP contribution in [0.5, 0.6) is 0 Å². The van der Waals surface area contributed by atoms with E-state index in [1.165, 1.54) is 17.7 Å². The molecule has 3 nitrogen and oxygen atoms in total. The molecule has 3 heteroatoms. The molecule has 1 aliphatic heterocycles. The van der Waals surface area contributed by atoms with Gasteiger partial charge in [-0.3, -0.25) is 4.90 Å². The molecule has 1 saturated heterocycles. The molecule has 0 aliphatic carbocycles. The number of nitrogens with zero attached hydrogens (tertiary/aromatic N) is 2. The van der Waals surface area contributed by atoms with Gasteiger partial charge in [0.25, 0.3) is 0 Å². The second kappa shape index (κ2) is 6.51. The summed E-state index contributed by atoms with van der Waals surface area (Å²) in [6.07, 6.45) is 0. The van der Waals surface area contributed by atoms with Crippen LogP contribution in [0.3, 0.4) is 0 Å². The van der Waals surface area contributed by atoms with E-state index in [2.05, 4.69) is 67.3 Å². The molecule has 0 aromatic heterocycles. The zero-order valence-corrected chi connectivity index (χ0v) is 12.7. The molecule has 1 aliphatic rings. The Morgan fingerprint density at radius 2 is 2.11 bits per heavy atom. The molecule has 2 unspecified atom stereocenters. The smallest absolute Gasteiger partial charge is 0.0490 e. The topological polar surface area (TPSA) is 18.5 Å². The van der Waals surface area contributed by atoms with Crippen LogP contribution in [-0.4, -0.2) is 56.1 Å². The predicted octanol–water partition coefficient (Wildman–Crippen LogP) is 1.89. The molecule has 106 valence electrons. The van der Waals surface area contributed by atoms with Crippen molar-refractivity contribution in [2.24, 2.45) is 0 Å². The Morgan fingerprint density at radius 1 is 1.32 bits per heavy atom. The standard InChI is InChI=1S/C16H27N3/c1-5-17-16(14-8-6-7-13(2)11-14)15-12-18(3)9-10-19(15)4/h6-8,11,15-17H,5,9-10,12H2,1-4H3. The predicted molar refractivity (Wildman–Crippen MR) is 81.5 cm³/mol. The van der Waals surface area contributed by atoms with Crippen molar-refractivity contribution >= 4 is 0 Å². The zero-order chi connectivity index (χ0) is 13.8. The Hall–Kier alpha value is -0.900. The van der Waals surface area contributed by atoms with Crippen LogP contribution < -0.4 is 5.32 Å². The van der Waals surface area contributed by atoms with Crippen molar-refractivity contribution in [3.63, 3.8) is 0 Å². The number of hydrogen-bond donors (Lipinski definition) is 1. The number of nitrogens with one attached hydrogen (secondary N) is 1. The van der Waals surface area contributed by atoms with Gasteiger partial charge in [0.15, 0.2) is 0 Å². The van der Waals surface area contributed by atoms with Gasteiger partial charge in [-0.25, -0.2) is 0 Å². The normalized spacial score (nSPS) is 23.5. The second-order valence-corrected chi connectivity index (χ2v) is 5.76. The lowest BCUT2D eigenvalue weighted by Crippen LogP contribution is -2.55. The molecule has 2 atom stereocenters. The van der Waals surface area contributed by atoms with E-state index in [1.54, 1.807) is 0 Å². The molecule has 0 bridgehead atoms. The van der Waals surface area contributed by atoms with Crippen molar-refractivity contribution in [2.75, 3.05) is 40.3 Å². The lowest BCUT2D eigenvalue weighted by atomic mass is 9.95. The van der Waals surface area contributed by atoms with Gasteiger partial charge < -0.3 is 10.2 Å². The molecule has 1 heterocycles. The maximum atomic E-state index is 3.68. The van der Waals surface area contributed by atoms with Crippen LogP contribution in [0.2, 0.25) is 0 Å². The minimum atomic E-state index is 0.414. The monoisotopic (exact) mass is 261 g/mol. The molecule has 0 radical (unpaired) electrons. The lowest BCUT2D eigenvalue weighted by Gasteiger charge is -2.42. The number of aryl methyl sites for hydroxylation is 1. The molecule has 2 rings (SSSR count). The second-order valence-electron chi connectivity index (χ2n) is 5.76. The molecule has 1 aromatic carbocycles. The van der Waals surface area contributed by atoms with Crippen LogP contribution in [0.15, 0.2) is 24.3 Å². The Morgan fingerprint density at radius 3 is 2.79 bits per heavy atom.